The number of aryl methyl sites for hydroxylation is 1. The van der Waals surface area contributed by atoms with Gasteiger partial charge in [0.1, 0.15) is 4.88 Å². The van der Waals surface area contributed by atoms with E-state index in [1.807, 2.05) is 6.92 Å². The molecule has 7 nitrogen and oxygen atoms in total. The Labute approximate surface area is 184 Å². The van der Waals surface area contributed by atoms with Crippen molar-refractivity contribution in [2.24, 2.45) is 4.99 Å². The normalized spacial score (nSPS) is 12.4. The minimum atomic E-state index is -0.0699. The molecule has 1 aromatic rings. The highest BCUT2D eigenvalue weighted by molar-refractivity contribution is 14.0. The van der Waals surface area contributed by atoms with Crippen molar-refractivity contribution in [2.45, 2.75) is 46.6 Å². The molecule has 3 N–H and O–H groups in total. The van der Waals surface area contributed by atoms with Gasteiger partial charge < -0.3 is 20.9 Å². The number of nitrogens with zero attached hydrogens (tertiary/aromatic N) is 3. The van der Waals surface area contributed by atoms with Gasteiger partial charge in [0.05, 0.1) is 11.2 Å². The zero-order chi connectivity index (χ0) is 19.4. The van der Waals surface area contributed by atoms with E-state index in [1.165, 1.54) is 11.3 Å². The molecule has 1 atom stereocenters. The number of guanidine groups is 1. The van der Waals surface area contributed by atoms with Crippen LogP contribution in [0.5, 0.6) is 0 Å². The molecule has 0 aliphatic rings. The van der Waals surface area contributed by atoms with E-state index in [9.17, 15) is 4.79 Å². The van der Waals surface area contributed by atoms with Crippen molar-refractivity contribution in [3.05, 3.63) is 16.1 Å². The van der Waals surface area contributed by atoms with Crippen molar-refractivity contribution in [2.75, 3.05) is 39.8 Å². The standard InChI is InChI=1S/C18H34N6OS.HI/c1-6-24(7-2)12-8-9-14(3)23-18(19-5)21-11-10-20-17(25)16-15(4)22-13-26-16;/h13-14H,6-12H2,1-5H3,(H,20,25)(H2,19,21,23);1H. The van der Waals surface area contributed by atoms with Gasteiger partial charge >= 0.3 is 0 Å². The van der Waals surface area contributed by atoms with Crippen molar-refractivity contribution in [1.82, 2.24) is 25.8 Å². The van der Waals surface area contributed by atoms with Crippen LogP contribution >= 0.6 is 35.3 Å². The van der Waals surface area contributed by atoms with Gasteiger partial charge in [-0.2, -0.15) is 0 Å². The summed E-state index contributed by atoms with van der Waals surface area (Å²) >= 11 is 1.36. The second-order valence-electron chi connectivity index (χ2n) is 6.24. The molecule has 0 aliphatic heterocycles. The fourth-order valence-electron chi connectivity index (χ4n) is 2.62. The monoisotopic (exact) mass is 510 g/mol. The first kappa shape index (κ1) is 26.1. The van der Waals surface area contributed by atoms with E-state index >= 15 is 0 Å². The molecule has 1 amide bonds. The Morgan fingerprint density at radius 3 is 2.52 bits per heavy atom. The molecule has 1 unspecified atom stereocenters. The highest BCUT2D eigenvalue weighted by Crippen LogP contribution is 2.11. The van der Waals surface area contributed by atoms with Crippen molar-refractivity contribution < 1.29 is 4.79 Å². The number of carbonyl (C=O) groups excluding carboxylic acids is 1. The van der Waals surface area contributed by atoms with Gasteiger partial charge in [0.15, 0.2) is 5.96 Å². The van der Waals surface area contributed by atoms with E-state index in [2.05, 4.69) is 51.6 Å². The van der Waals surface area contributed by atoms with Crippen LogP contribution in [-0.4, -0.2) is 67.6 Å². The van der Waals surface area contributed by atoms with Gasteiger partial charge in [0.2, 0.25) is 0 Å². The Balaban J connectivity index is 0.00000676. The van der Waals surface area contributed by atoms with Crippen LogP contribution in [0, 0.1) is 6.92 Å². The number of amides is 1. The van der Waals surface area contributed by atoms with E-state index in [-0.39, 0.29) is 29.9 Å². The predicted octanol–water partition coefficient (Wildman–Crippen LogP) is 2.47. The fraction of sp³-hybridized carbons (Fsp3) is 0.722. The van der Waals surface area contributed by atoms with Gasteiger partial charge in [-0.3, -0.25) is 9.79 Å². The number of aliphatic imine (C=N–C) groups is 1. The highest BCUT2D eigenvalue weighted by atomic mass is 127. The maximum absolute atomic E-state index is 12.0. The molecular formula is C18H35IN6OS. The Hall–Kier alpha value is -0.940. The lowest BCUT2D eigenvalue weighted by atomic mass is 10.2. The molecule has 0 spiro atoms. The number of hydrogen-bond donors (Lipinski definition) is 3. The van der Waals surface area contributed by atoms with Crippen molar-refractivity contribution in [3.8, 4) is 0 Å². The molecule has 0 saturated carbocycles. The summed E-state index contributed by atoms with van der Waals surface area (Å²) < 4.78 is 0. The van der Waals surface area contributed by atoms with Gasteiger partial charge in [0.25, 0.3) is 5.91 Å². The SMILES string of the molecule is CCN(CC)CCCC(C)NC(=NC)NCCNC(=O)c1scnc1C.I. The van der Waals surface area contributed by atoms with E-state index in [4.69, 9.17) is 0 Å². The van der Waals surface area contributed by atoms with Crippen LogP contribution in [0.3, 0.4) is 0 Å². The molecule has 1 aromatic heterocycles. The zero-order valence-electron chi connectivity index (χ0n) is 17.2. The minimum Gasteiger partial charge on any atom is -0.355 e. The number of halogens is 1. The summed E-state index contributed by atoms with van der Waals surface area (Å²) in [5, 5.41) is 9.54. The molecule has 1 rings (SSSR count). The maximum atomic E-state index is 12.0. The molecule has 27 heavy (non-hydrogen) atoms. The van der Waals surface area contributed by atoms with Gasteiger partial charge in [0, 0.05) is 26.2 Å². The molecule has 0 fully saturated rings. The molecular weight excluding hydrogens is 475 g/mol. The summed E-state index contributed by atoms with van der Waals surface area (Å²) in [5.41, 5.74) is 2.46. The lowest BCUT2D eigenvalue weighted by Crippen LogP contribution is -2.45. The number of rotatable bonds is 11. The molecule has 0 bridgehead atoms. The summed E-state index contributed by atoms with van der Waals surface area (Å²) in [6.45, 7) is 12.9. The van der Waals surface area contributed by atoms with Crippen LogP contribution in [0.15, 0.2) is 10.5 Å². The highest BCUT2D eigenvalue weighted by Gasteiger charge is 2.11. The van der Waals surface area contributed by atoms with E-state index < -0.39 is 0 Å². The molecule has 0 aromatic carbocycles. The third-order valence-electron chi connectivity index (χ3n) is 4.27. The van der Waals surface area contributed by atoms with Gasteiger partial charge in [-0.1, -0.05) is 13.8 Å². The number of carbonyl (C=O) groups is 1. The van der Waals surface area contributed by atoms with Gasteiger partial charge in [-0.25, -0.2) is 4.98 Å². The Bertz CT molecular complexity index is 562. The summed E-state index contributed by atoms with van der Waals surface area (Å²) in [7, 11) is 1.76. The number of nitrogens with one attached hydrogen (secondary N) is 3. The van der Waals surface area contributed by atoms with E-state index in [0.717, 1.165) is 44.1 Å². The van der Waals surface area contributed by atoms with Gasteiger partial charge in [-0.05, 0) is 46.3 Å². The maximum Gasteiger partial charge on any atom is 0.263 e. The van der Waals surface area contributed by atoms with Crippen molar-refractivity contribution >= 4 is 47.2 Å². The van der Waals surface area contributed by atoms with Crippen LogP contribution < -0.4 is 16.0 Å². The quantitative estimate of drug-likeness (QED) is 0.185. The minimum absolute atomic E-state index is 0. The molecule has 1 heterocycles. The first-order valence-corrected chi connectivity index (χ1v) is 10.3. The molecule has 0 saturated heterocycles. The smallest absolute Gasteiger partial charge is 0.263 e. The Kier molecular flexibility index (Phi) is 14.5. The van der Waals surface area contributed by atoms with Crippen molar-refractivity contribution in [3.63, 3.8) is 0 Å². The van der Waals surface area contributed by atoms with Gasteiger partial charge in [-0.15, -0.1) is 35.3 Å². The molecule has 156 valence electrons. The summed E-state index contributed by atoms with van der Waals surface area (Å²) in [4.78, 5) is 23.5. The van der Waals surface area contributed by atoms with Crippen molar-refractivity contribution in [1.29, 1.82) is 0 Å². The Morgan fingerprint density at radius 1 is 1.30 bits per heavy atom. The summed E-state index contributed by atoms with van der Waals surface area (Å²) in [6, 6.07) is 0.353. The zero-order valence-corrected chi connectivity index (χ0v) is 20.3. The average molecular weight is 510 g/mol. The third-order valence-corrected chi connectivity index (χ3v) is 5.19. The first-order valence-electron chi connectivity index (χ1n) is 9.39. The lowest BCUT2D eigenvalue weighted by Gasteiger charge is -2.21. The lowest BCUT2D eigenvalue weighted by molar-refractivity contribution is 0.0957. The number of hydrogen-bond acceptors (Lipinski definition) is 5. The largest absolute Gasteiger partial charge is 0.355 e. The van der Waals surface area contributed by atoms with Crippen LogP contribution in [0.25, 0.3) is 0 Å². The van der Waals surface area contributed by atoms with Crippen LogP contribution in [0.1, 0.15) is 49.0 Å². The predicted molar refractivity (Wildman–Crippen MR) is 126 cm³/mol. The second kappa shape index (κ2) is 15.0. The summed E-state index contributed by atoms with van der Waals surface area (Å²) in [6.07, 6.45) is 2.26. The number of aromatic nitrogens is 1. The first-order chi connectivity index (χ1) is 12.5. The Morgan fingerprint density at radius 2 is 1.96 bits per heavy atom. The van der Waals surface area contributed by atoms with Crippen LogP contribution in [0.4, 0.5) is 0 Å². The topological polar surface area (TPSA) is 81.6 Å². The third kappa shape index (κ3) is 10.2. The van der Waals surface area contributed by atoms with E-state index in [0.29, 0.717) is 24.0 Å². The number of thiazole rings is 1. The molecule has 9 heteroatoms. The second-order valence-corrected chi connectivity index (χ2v) is 7.09. The molecule has 0 aliphatic carbocycles. The van der Waals surface area contributed by atoms with E-state index in [1.54, 1.807) is 12.6 Å². The molecule has 0 radical (unpaired) electrons. The average Bonchev–Trinajstić information content (AvgIpc) is 3.07. The van der Waals surface area contributed by atoms with Crippen LogP contribution in [0.2, 0.25) is 0 Å². The fourth-order valence-corrected chi connectivity index (χ4v) is 3.34. The van der Waals surface area contributed by atoms with Crippen LogP contribution in [-0.2, 0) is 0 Å². The summed E-state index contributed by atoms with van der Waals surface area (Å²) in [5.74, 6) is 0.697.